The maximum Gasteiger partial charge on any atom is 0.137 e. The zero-order valence-corrected chi connectivity index (χ0v) is 21.9. The Balaban J connectivity index is 1.41. The van der Waals surface area contributed by atoms with Crippen molar-refractivity contribution in [3.8, 4) is 17.4 Å². The second-order valence-corrected chi connectivity index (χ2v) is 10.5. The van der Waals surface area contributed by atoms with E-state index >= 15 is 0 Å². The molecular weight excluding hydrogens is 502 g/mol. The number of rotatable bonds is 2. The average molecular weight is 524 g/mol. The zero-order chi connectivity index (χ0) is 27.1. The lowest BCUT2D eigenvalue weighted by atomic mass is 10.1. The SMILES string of the molecule is N#Cc1c(-n2c3ccccc3c3ccccc32)cccc1-n1c2ccccc2c2cc3c(cc21)oc1ccccc13. The number of fused-ring (bicyclic) bond motifs is 9. The van der Waals surface area contributed by atoms with Crippen LogP contribution in [0.4, 0.5) is 0 Å². The van der Waals surface area contributed by atoms with Crippen LogP contribution in [0.2, 0.25) is 0 Å². The first-order chi connectivity index (χ1) is 20.3. The summed E-state index contributed by atoms with van der Waals surface area (Å²) in [6, 6.07) is 46.5. The van der Waals surface area contributed by atoms with Crippen LogP contribution in [0, 0.1) is 11.3 Å². The Labute approximate surface area is 234 Å². The Morgan fingerprint density at radius 3 is 1.56 bits per heavy atom. The molecule has 0 aliphatic carbocycles. The molecule has 0 N–H and O–H groups in total. The van der Waals surface area contributed by atoms with E-state index in [4.69, 9.17) is 4.42 Å². The summed E-state index contributed by atoms with van der Waals surface area (Å²) in [6.45, 7) is 0. The quantitative estimate of drug-likeness (QED) is 0.226. The minimum Gasteiger partial charge on any atom is -0.456 e. The molecule has 0 saturated carbocycles. The third-order valence-electron chi connectivity index (χ3n) is 8.37. The first-order valence-corrected chi connectivity index (χ1v) is 13.7. The summed E-state index contributed by atoms with van der Waals surface area (Å²) >= 11 is 0. The molecule has 0 radical (unpaired) electrons. The molecule has 9 rings (SSSR count). The zero-order valence-electron chi connectivity index (χ0n) is 21.9. The normalized spacial score (nSPS) is 11.9. The van der Waals surface area contributed by atoms with Gasteiger partial charge in [-0.15, -0.1) is 0 Å². The molecule has 3 heterocycles. The molecule has 0 unspecified atom stereocenters. The maximum atomic E-state index is 10.8. The summed E-state index contributed by atoms with van der Waals surface area (Å²) in [5.74, 6) is 0. The maximum absolute atomic E-state index is 10.8. The first kappa shape index (κ1) is 22.1. The Hall–Kier alpha value is -5.79. The van der Waals surface area contributed by atoms with Crippen molar-refractivity contribution in [2.45, 2.75) is 0 Å². The molecule has 4 heteroatoms. The van der Waals surface area contributed by atoms with E-state index in [0.717, 1.165) is 66.2 Å². The third-order valence-corrected chi connectivity index (χ3v) is 8.37. The Bertz CT molecular complexity index is 2500. The van der Waals surface area contributed by atoms with Crippen molar-refractivity contribution >= 4 is 65.6 Å². The van der Waals surface area contributed by atoms with Gasteiger partial charge < -0.3 is 13.6 Å². The number of hydrogen-bond acceptors (Lipinski definition) is 2. The topological polar surface area (TPSA) is 46.8 Å². The molecule has 0 bridgehead atoms. The van der Waals surface area contributed by atoms with Crippen LogP contribution in [0.3, 0.4) is 0 Å². The summed E-state index contributed by atoms with van der Waals surface area (Å²) in [6.07, 6.45) is 0. The Morgan fingerprint density at radius 1 is 0.439 bits per heavy atom. The number of aromatic nitrogens is 2. The summed E-state index contributed by atoms with van der Waals surface area (Å²) in [5, 5.41) is 17.6. The van der Waals surface area contributed by atoms with Crippen LogP contribution in [0.25, 0.3) is 76.9 Å². The molecule has 0 saturated heterocycles. The summed E-state index contributed by atoms with van der Waals surface area (Å²) < 4.78 is 10.7. The van der Waals surface area contributed by atoms with E-state index in [1.807, 2.05) is 30.3 Å². The molecule has 0 aliphatic heterocycles. The molecule has 0 spiro atoms. The molecule has 190 valence electrons. The fraction of sp³-hybridized carbons (Fsp3) is 0. The van der Waals surface area contributed by atoms with Crippen molar-refractivity contribution in [2.24, 2.45) is 0 Å². The standard InChI is InChI=1S/C37H21N3O/c38-22-29-33(39-30-14-5-1-10-23(30)24-11-2-6-15-31(24)39)17-9-18-34(29)40-32-16-7-3-12-25(32)27-20-28-26-13-4-8-19-36(26)41-37(28)21-35(27)40/h1-21H. The van der Waals surface area contributed by atoms with E-state index in [9.17, 15) is 5.26 Å². The lowest BCUT2D eigenvalue weighted by Crippen LogP contribution is -2.03. The largest absolute Gasteiger partial charge is 0.456 e. The lowest BCUT2D eigenvalue weighted by molar-refractivity contribution is 0.669. The van der Waals surface area contributed by atoms with Crippen LogP contribution in [0.1, 0.15) is 5.56 Å². The molecule has 0 atom stereocenters. The minimum atomic E-state index is 0.617. The highest BCUT2D eigenvalue weighted by Gasteiger charge is 2.21. The van der Waals surface area contributed by atoms with Gasteiger partial charge in [0, 0.05) is 38.4 Å². The van der Waals surface area contributed by atoms with Crippen molar-refractivity contribution in [2.75, 3.05) is 0 Å². The first-order valence-electron chi connectivity index (χ1n) is 13.7. The van der Waals surface area contributed by atoms with Crippen molar-refractivity contribution in [3.05, 3.63) is 133 Å². The van der Waals surface area contributed by atoms with E-state index in [1.165, 1.54) is 10.8 Å². The predicted molar refractivity (Wildman–Crippen MR) is 167 cm³/mol. The average Bonchev–Trinajstić information content (AvgIpc) is 3.67. The molecule has 41 heavy (non-hydrogen) atoms. The van der Waals surface area contributed by atoms with E-state index in [2.05, 4.69) is 112 Å². The van der Waals surface area contributed by atoms with Crippen molar-refractivity contribution in [3.63, 3.8) is 0 Å². The monoisotopic (exact) mass is 523 g/mol. The molecule has 0 amide bonds. The van der Waals surface area contributed by atoms with Crippen LogP contribution in [0.15, 0.2) is 132 Å². The number of hydrogen-bond donors (Lipinski definition) is 0. The molecule has 0 fully saturated rings. The summed E-state index contributed by atoms with van der Waals surface area (Å²) in [7, 11) is 0. The molecular formula is C37H21N3O. The van der Waals surface area contributed by atoms with Gasteiger partial charge in [-0.3, -0.25) is 0 Å². The van der Waals surface area contributed by atoms with Crippen LogP contribution in [0.5, 0.6) is 0 Å². The van der Waals surface area contributed by atoms with Gasteiger partial charge in [0.1, 0.15) is 22.8 Å². The van der Waals surface area contributed by atoms with Crippen LogP contribution in [-0.2, 0) is 0 Å². The van der Waals surface area contributed by atoms with Gasteiger partial charge in [-0.2, -0.15) is 5.26 Å². The van der Waals surface area contributed by atoms with Gasteiger partial charge in [-0.1, -0.05) is 78.9 Å². The van der Waals surface area contributed by atoms with Gasteiger partial charge in [-0.05, 0) is 42.5 Å². The predicted octanol–water partition coefficient (Wildman–Crippen LogP) is 9.65. The van der Waals surface area contributed by atoms with Crippen molar-refractivity contribution in [1.29, 1.82) is 5.26 Å². The second-order valence-electron chi connectivity index (χ2n) is 10.5. The van der Waals surface area contributed by atoms with Gasteiger partial charge in [0.05, 0.1) is 33.4 Å². The number of para-hydroxylation sites is 4. The highest BCUT2D eigenvalue weighted by atomic mass is 16.3. The van der Waals surface area contributed by atoms with Gasteiger partial charge in [-0.25, -0.2) is 0 Å². The van der Waals surface area contributed by atoms with Gasteiger partial charge in [0.2, 0.25) is 0 Å². The van der Waals surface area contributed by atoms with Crippen LogP contribution in [-0.4, -0.2) is 9.13 Å². The van der Waals surface area contributed by atoms with E-state index in [-0.39, 0.29) is 0 Å². The smallest absolute Gasteiger partial charge is 0.137 e. The second kappa shape index (κ2) is 8.11. The molecule has 9 aromatic rings. The summed E-state index contributed by atoms with van der Waals surface area (Å²) in [5.41, 5.74) is 8.24. The summed E-state index contributed by atoms with van der Waals surface area (Å²) in [4.78, 5) is 0. The minimum absolute atomic E-state index is 0.617. The fourth-order valence-corrected chi connectivity index (χ4v) is 6.64. The highest BCUT2D eigenvalue weighted by Crippen LogP contribution is 2.40. The van der Waals surface area contributed by atoms with Gasteiger partial charge in [0.15, 0.2) is 0 Å². The fourth-order valence-electron chi connectivity index (χ4n) is 6.64. The molecule has 0 aliphatic rings. The Morgan fingerprint density at radius 2 is 0.951 bits per heavy atom. The molecule has 6 aromatic carbocycles. The highest BCUT2D eigenvalue weighted by molar-refractivity contribution is 6.17. The number of nitrogens with zero attached hydrogens (tertiary/aromatic N) is 3. The van der Waals surface area contributed by atoms with E-state index < -0.39 is 0 Å². The number of benzene rings is 6. The van der Waals surface area contributed by atoms with Crippen LogP contribution >= 0.6 is 0 Å². The third kappa shape index (κ3) is 2.92. The molecule has 3 aromatic heterocycles. The number of nitriles is 1. The van der Waals surface area contributed by atoms with E-state index in [1.54, 1.807) is 0 Å². The number of furan rings is 1. The molecule has 4 nitrogen and oxygen atoms in total. The van der Waals surface area contributed by atoms with Gasteiger partial charge in [0.25, 0.3) is 0 Å². The van der Waals surface area contributed by atoms with Crippen molar-refractivity contribution < 1.29 is 4.42 Å². The lowest BCUT2D eigenvalue weighted by Gasteiger charge is -2.15. The Kier molecular flexibility index (Phi) is 4.37. The van der Waals surface area contributed by atoms with Gasteiger partial charge >= 0.3 is 0 Å². The van der Waals surface area contributed by atoms with Crippen LogP contribution < -0.4 is 0 Å². The van der Waals surface area contributed by atoms with E-state index in [0.29, 0.717) is 5.56 Å². The van der Waals surface area contributed by atoms with Crippen molar-refractivity contribution in [1.82, 2.24) is 9.13 Å².